The van der Waals surface area contributed by atoms with Crippen molar-refractivity contribution in [3.05, 3.63) is 46.3 Å². The molecule has 0 bridgehead atoms. The molecule has 30 heavy (non-hydrogen) atoms. The standard InChI is InChI=1S/C23H29NO6/c1-12(2)29-22(25)19-14(5)24-15(6)20(23(26)30-13(3)4)21(19)16-7-8-17-18(11-16)28-10-9-27-17/h7-8,11-13,21,24H,9-10H2,1-6H3. The van der Waals surface area contributed by atoms with Crippen LogP contribution in [-0.4, -0.2) is 37.4 Å². The van der Waals surface area contributed by atoms with Crippen LogP contribution in [0.3, 0.4) is 0 Å². The van der Waals surface area contributed by atoms with Gasteiger partial charge in [-0.1, -0.05) is 6.07 Å². The second kappa shape index (κ2) is 8.81. The average molecular weight is 415 g/mol. The molecule has 7 heteroatoms. The molecule has 0 radical (unpaired) electrons. The third-order valence-electron chi connectivity index (χ3n) is 4.79. The Balaban J connectivity index is 2.13. The smallest absolute Gasteiger partial charge is 0.337 e. The molecular weight excluding hydrogens is 386 g/mol. The van der Waals surface area contributed by atoms with Crippen molar-refractivity contribution in [3.8, 4) is 11.5 Å². The number of dihydropyridines is 1. The molecule has 2 aliphatic rings. The quantitative estimate of drug-likeness (QED) is 0.736. The largest absolute Gasteiger partial charge is 0.486 e. The van der Waals surface area contributed by atoms with Crippen LogP contribution >= 0.6 is 0 Å². The molecule has 0 saturated carbocycles. The summed E-state index contributed by atoms with van der Waals surface area (Å²) in [6.07, 6.45) is -0.589. The molecule has 0 amide bonds. The van der Waals surface area contributed by atoms with Crippen molar-refractivity contribution in [1.29, 1.82) is 0 Å². The summed E-state index contributed by atoms with van der Waals surface area (Å²) in [5.41, 5.74) is 2.76. The minimum atomic E-state index is -0.653. The van der Waals surface area contributed by atoms with Crippen LogP contribution in [0.1, 0.15) is 53.0 Å². The minimum Gasteiger partial charge on any atom is -0.486 e. The van der Waals surface area contributed by atoms with Crippen molar-refractivity contribution in [2.75, 3.05) is 13.2 Å². The number of hydrogen-bond donors (Lipinski definition) is 1. The maximum Gasteiger partial charge on any atom is 0.337 e. The van der Waals surface area contributed by atoms with Crippen molar-refractivity contribution >= 4 is 11.9 Å². The van der Waals surface area contributed by atoms with E-state index in [1.54, 1.807) is 47.6 Å². The van der Waals surface area contributed by atoms with Crippen LogP contribution in [0, 0.1) is 0 Å². The van der Waals surface area contributed by atoms with E-state index in [-0.39, 0.29) is 12.2 Å². The van der Waals surface area contributed by atoms with Crippen LogP contribution < -0.4 is 14.8 Å². The van der Waals surface area contributed by atoms with Gasteiger partial charge in [0, 0.05) is 11.4 Å². The summed E-state index contributed by atoms with van der Waals surface area (Å²) in [6, 6.07) is 5.46. The lowest BCUT2D eigenvalue weighted by atomic mass is 9.80. The Morgan fingerprint density at radius 3 is 1.90 bits per heavy atom. The molecule has 7 nitrogen and oxygen atoms in total. The van der Waals surface area contributed by atoms with E-state index < -0.39 is 17.9 Å². The van der Waals surface area contributed by atoms with Crippen LogP contribution in [0.5, 0.6) is 11.5 Å². The van der Waals surface area contributed by atoms with E-state index in [4.69, 9.17) is 18.9 Å². The summed E-state index contributed by atoms with van der Waals surface area (Å²) in [5.74, 6) is -0.382. The van der Waals surface area contributed by atoms with E-state index in [0.29, 0.717) is 47.3 Å². The highest BCUT2D eigenvalue weighted by atomic mass is 16.6. The lowest BCUT2D eigenvalue weighted by Gasteiger charge is -2.31. The number of allylic oxidation sites excluding steroid dienone is 2. The molecule has 2 aliphatic heterocycles. The molecule has 162 valence electrons. The van der Waals surface area contributed by atoms with Crippen LogP contribution in [-0.2, 0) is 19.1 Å². The maximum absolute atomic E-state index is 13.0. The molecule has 0 saturated heterocycles. The van der Waals surface area contributed by atoms with Crippen molar-refractivity contribution in [1.82, 2.24) is 5.32 Å². The summed E-state index contributed by atoms with van der Waals surface area (Å²) >= 11 is 0. The van der Waals surface area contributed by atoms with Gasteiger partial charge in [0.1, 0.15) is 13.2 Å². The molecule has 0 fully saturated rings. The first kappa shape index (κ1) is 21.7. The minimum absolute atomic E-state index is 0.295. The van der Waals surface area contributed by atoms with Gasteiger partial charge in [0.15, 0.2) is 11.5 Å². The fourth-order valence-electron chi connectivity index (χ4n) is 3.66. The summed E-state index contributed by atoms with van der Waals surface area (Å²) in [5, 5.41) is 3.15. The zero-order valence-electron chi connectivity index (χ0n) is 18.3. The van der Waals surface area contributed by atoms with Gasteiger partial charge in [0.2, 0.25) is 0 Å². The third kappa shape index (κ3) is 4.45. The lowest BCUT2D eigenvalue weighted by molar-refractivity contribution is -0.143. The summed E-state index contributed by atoms with van der Waals surface area (Å²) in [7, 11) is 0. The molecule has 0 atom stereocenters. The van der Waals surface area contributed by atoms with Crippen molar-refractivity contribution < 1.29 is 28.5 Å². The van der Waals surface area contributed by atoms with E-state index in [1.165, 1.54) is 0 Å². The van der Waals surface area contributed by atoms with Crippen LogP contribution in [0.2, 0.25) is 0 Å². The number of carbonyl (C=O) groups excluding carboxylic acids is 2. The Morgan fingerprint density at radius 2 is 1.40 bits per heavy atom. The Labute approximate surface area is 177 Å². The van der Waals surface area contributed by atoms with Gasteiger partial charge in [-0.3, -0.25) is 0 Å². The predicted molar refractivity (Wildman–Crippen MR) is 111 cm³/mol. The number of benzene rings is 1. The first-order chi connectivity index (χ1) is 14.2. The second-order valence-corrected chi connectivity index (χ2v) is 7.95. The van der Waals surface area contributed by atoms with Crippen LogP contribution in [0.4, 0.5) is 0 Å². The molecular formula is C23H29NO6. The van der Waals surface area contributed by atoms with Gasteiger partial charge in [-0.2, -0.15) is 0 Å². The van der Waals surface area contributed by atoms with Gasteiger partial charge in [0.25, 0.3) is 0 Å². The highest BCUT2D eigenvalue weighted by Crippen LogP contribution is 2.42. The maximum atomic E-state index is 13.0. The Morgan fingerprint density at radius 1 is 0.900 bits per heavy atom. The van der Waals surface area contributed by atoms with Crippen LogP contribution in [0.15, 0.2) is 40.7 Å². The predicted octanol–water partition coefficient (Wildman–Crippen LogP) is 3.60. The highest BCUT2D eigenvalue weighted by molar-refractivity contribution is 6.00. The number of rotatable bonds is 5. The van der Waals surface area contributed by atoms with Gasteiger partial charge < -0.3 is 24.3 Å². The van der Waals surface area contributed by atoms with E-state index >= 15 is 0 Å². The molecule has 1 aromatic rings. The molecule has 0 aromatic heterocycles. The monoisotopic (exact) mass is 415 g/mol. The number of nitrogens with one attached hydrogen (secondary N) is 1. The van der Waals surface area contributed by atoms with Crippen molar-refractivity contribution in [2.45, 2.75) is 59.7 Å². The molecule has 0 unspecified atom stereocenters. The first-order valence-electron chi connectivity index (χ1n) is 10.2. The fourth-order valence-corrected chi connectivity index (χ4v) is 3.66. The van der Waals surface area contributed by atoms with Crippen LogP contribution in [0.25, 0.3) is 0 Å². The Kier molecular flexibility index (Phi) is 6.39. The third-order valence-corrected chi connectivity index (χ3v) is 4.79. The van der Waals surface area contributed by atoms with Gasteiger partial charge in [-0.05, 0) is 59.2 Å². The molecule has 1 aromatic carbocycles. The van der Waals surface area contributed by atoms with Gasteiger partial charge in [-0.15, -0.1) is 0 Å². The average Bonchev–Trinajstić information content (AvgIpc) is 2.65. The number of hydrogen-bond acceptors (Lipinski definition) is 7. The molecule has 3 rings (SSSR count). The number of carbonyl (C=O) groups is 2. The van der Waals surface area contributed by atoms with Crippen molar-refractivity contribution in [2.24, 2.45) is 0 Å². The van der Waals surface area contributed by atoms with Gasteiger partial charge >= 0.3 is 11.9 Å². The lowest BCUT2D eigenvalue weighted by Crippen LogP contribution is -2.33. The molecule has 2 heterocycles. The summed E-state index contributed by atoms with van der Waals surface area (Å²) < 4.78 is 22.3. The topological polar surface area (TPSA) is 83.1 Å². The van der Waals surface area contributed by atoms with E-state index in [1.807, 2.05) is 12.1 Å². The van der Waals surface area contributed by atoms with Crippen molar-refractivity contribution in [3.63, 3.8) is 0 Å². The SMILES string of the molecule is CC1=C(C(=O)OC(C)C)C(c2ccc3c(c2)OCCO3)C(C(=O)OC(C)C)=C(C)N1. The van der Waals surface area contributed by atoms with Gasteiger partial charge in [-0.25, -0.2) is 9.59 Å². The number of fused-ring (bicyclic) bond motifs is 1. The fraction of sp³-hybridized carbons (Fsp3) is 0.478. The molecule has 0 spiro atoms. The Bertz CT molecular complexity index is 868. The normalized spacial score (nSPS) is 16.7. The zero-order valence-corrected chi connectivity index (χ0v) is 18.3. The highest BCUT2D eigenvalue weighted by Gasteiger charge is 2.39. The second-order valence-electron chi connectivity index (χ2n) is 7.95. The van der Waals surface area contributed by atoms with E-state index in [2.05, 4.69) is 5.32 Å². The number of ether oxygens (including phenoxy) is 4. The summed E-state index contributed by atoms with van der Waals surface area (Å²) in [6.45, 7) is 11.7. The summed E-state index contributed by atoms with van der Waals surface area (Å²) in [4.78, 5) is 26.1. The molecule has 1 N–H and O–H groups in total. The van der Waals surface area contributed by atoms with E-state index in [9.17, 15) is 9.59 Å². The molecule has 0 aliphatic carbocycles. The van der Waals surface area contributed by atoms with E-state index in [0.717, 1.165) is 5.56 Å². The number of esters is 2. The first-order valence-corrected chi connectivity index (χ1v) is 10.2. The zero-order chi connectivity index (χ0) is 22.0. The van der Waals surface area contributed by atoms with Gasteiger partial charge in [0.05, 0.1) is 29.3 Å². The Hall–Kier alpha value is -2.96.